The van der Waals surface area contributed by atoms with E-state index < -0.39 is 0 Å². The maximum absolute atomic E-state index is 5.25. The van der Waals surface area contributed by atoms with Gasteiger partial charge in [-0.1, -0.05) is 5.92 Å². The van der Waals surface area contributed by atoms with E-state index in [0.717, 1.165) is 11.3 Å². The molecule has 0 aromatic carbocycles. The van der Waals surface area contributed by atoms with Crippen molar-refractivity contribution in [3.8, 4) is 12.3 Å². The summed E-state index contributed by atoms with van der Waals surface area (Å²) in [5, 5.41) is 3.33. The van der Waals surface area contributed by atoms with E-state index in [4.69, 9.17) is 6.42 Å². The van der Waals surface area contributed by atoms with Gasteiger partial charge >= 0.3 is 0 Å². The van der Waals surface area contributed by atoms with Crippen LogP contribution in [0.2, 0.25) is 0 Å². The molecule has 12 heavy (non-hydrogen) atoms. The van der Waals surface area contributed by atoms with Crippen LogP contribution < -0.4 is 5.32 Å². The molecule has 1 saturated carbocycles. The fourth-order valence-electron chi connectivity index (χ4n) is 1.06. The Morgan fingerprint density at radius 1 is 1.50 bits per heavy atom. The number of hydrogen-bond donors (Lipinski definition) is 1. The van der Waals surface area contributed by atoms with Crippen LogP contribution in [0.25, 0.3) is 0 Å². The Kier molecular flexibility index (Phi) is 1.71. The molecule has 0 atom stereocenters. The topological polar surface area (TPSA) is 24.9 Å². The van der Waals surface area contributed by atoms with Crippen LogP contribution in [0.3, 0.4) is 0 Å². The van der Waals surface area contributed by atoms with Gasteiger partial charge in [-0.05, 0) is 18.9 Å². The first-order valence-electron chi connectivity index (χ1n) is 4.06. The van der Waals surface area contributed by atoms with Gasteiger partial charge < -0.3 is 5.32 Å². The highest BCUT2D eigenvalue weighted by atomic mass is 15.0. The van der Waals surface area contributed by atoms with Gasteiger partial charge in [0.25, 0.3) is 0 Å². The normalized spacial score (nSPS) is 15.2. The minimum absolute atomic E-state index is 0.653. The quantitative estimate of drug-likeness (QED) is 0.662. The second-order valence-corrected chi connectivity index (χ2v) is 3.03. The molecule has 1 aromatic heterocycles. The second kappa shape index (κ2) is 2.86. The van der Waals surface area contributed by atoms with Crippen LogP contribution in [-0.2, 0) is 0 Å². The van der Waals surface area contributed by atoms with Gasteiger partial charge in [0, 0.05) is 17.8 Å². The van der Waals surface area contributed by atoms with E-state index in [9.17, 15) is 0 Å². The largest absolute Gasteiger partial charge is 0.381 e. The molecule has 1 aliphatic rings. The van der Waals surface area contributed by atoms with E-state index in [-0.39, 0.29) is 0 Å². The van der Waals surface area contributed by atoms with Crippen molar-refractivity contribution in [2.75, 3.05) is 5.32 Å². The molecule has 0 bridgehead atoms. The van der Waals surface area contributed by atoms with Gasteiger partial charge in [-0.15, -0.1) is 6.42 Å². The SMILES string of the molecule is C#Cc1cncc(NC2CC2)c1. The van der Waals surface area contributed by atoms with Crippen molar-refractivity contribution in [1.29, 1.82) is 0 Å². The van der Waals surface area contributed by atoms with Crippen molar-refractivity contribution in [3.05, 3.63) is 24.0 Å². The van der Waals surface area contributed by atoms with Crippen molar-refractivity contribution < 1.29 is 0 Å². The van der Waals surface area contributed by atoms with Crippen molar-refractivity contribution in [2.45, 2.75) is 18.9 Å². The Bertz CT molecular complexity index is 321. The zero-order valence-electron chi connectivity index (χ0n) is 6.75. The van der Waals surface area contributed by atoms with E-state index in [0.29, 0.717) is 6.04 Å². The van der Waals surface area contributed by atoms with Gasteiger partial charge in [-0.2, -0.15) is 0 Å². The van der Waals surface area contributed by atoms with E-state index in [1.807, 2.05) is 6.07 Å². The molecule has 2 heteroatoms. The third-order valence-electron chi connectivity index (χ3n) is 1.85. The maximum atomic E-state index is 5.25. The van der Waals surface area contributed by atoms with Crippen LogP contribution in [0.1, 0.15) is 18.4 Å². The van der Waals surface area contributed by atoms with Crippen molar-refractivity contribution in [3.63, 3.8) is 0 Å². The minimum atomic E-state index is 0.653. The Morgan fingerprint density at radius 2 is 2.33 bits per heavy atom. The number of anilines is 1. The van der Waals surface area contributed by atoms with Crippen LogP contribution >= 0.6 is 0 Å². The van der Waals surface area contributed by atoms with Crippen LogP contribution in [0.4, 0.5) is 5.69 Å². The number of nitrogens with zero attached hydrogens (tertiary/aromatic N) is 1. The van der Waals surface area contributed by atoms with E-state index >= 15 is 0 Å². The Balaban J connectivity index is 2.15. The van der Waals surface area contributed by atoms with E-state index in [1.165, 1.54) is 12.8 Å². The molecule has 1 fully saturated rings. The van der Waals surface area contributed by atoms with Crippen molar-refractivity contribution >= 4 is 5.69 Å². The number of aromatic nitrogens is 1. The molecular weight excluding hydrogens is 148 g/mol. The smallest absolute Gasteiger partial charge is 0.0541 e. The second-order valence-electron chi connectivity index (χ2n) is 3.03. The van der Waals surface area contributed by atoms with Gasteiger partial charge in [0.15, 0.2) is 0 Å². The van der Waals surface area contributed by atoms with E-state index in [1.54, 1.807) is 12.4 Å². The molecule has 0 radical (unpaired) electrons. The molecular formula is C10H10N2. The number of hydrogen-bond acceptors (Lipinski definition) is 2. The highest BCUT2D eigenvalue weighted by Gasteiger charge is 2.20. The molecule has 1 aliphatic carbocycles. The predicted molar refractivity (Wildman–Crippen MR) is 48.8 cm³/mol. The first kappa shape index (κ1) is 7.17. The lowest BCUT2D eigenvalue weighted by molar-refractivity contribution is 1.14. The number of pyridine rings is 1. The first-order valence-corrected chi connectivity index (χ1v) is 4.06. The third kappa shape index (κ3) is 1.57. The standard InChI is InChI=1S/C10H10N2/c1-2-8-5-10(7-11-6-8)12-9-3-4-9/h1,5-7,9,12H,3-4H2. The lowest BCUT2D eigenvalue weighted by Gasteiger charge is -2.02. The Morgan fingerprint density at radius 3 is 3.00 bits per heavy atom. The first-order chi connectivity index (χ1) is 5.88. The Hall–Kier alpha value is -1.49. The molecule has 1 N–H and O–H groups in total. The molecule has 2 nitrogen and oxygen atoms in total. The molecule has 0 amide bonds. The highest BCUT2D eigenvalue weighted by Crippen LogP contribution is 2.24. The molecule has 0 unspecified atom stereocenters. The summed E-state index contributed by atoms with van der Waals surface area (Å²) in [6.45, 7) is 0. The van der Waals surface area contributed by atoms with Crippen LogP contribution in [0, 0.1) is 12.3 Å². The summed E-state index contributed by atoms with van der Waals surface area (Å²) >= 11 is 0. The molecule has 1 heterocycles. The van der Waals surface area contributed by atoms with Crippen LogP contribution in [0.5, 0.6) is 0 Å². The predicted octanol–water partition coefficient (Wildman–Crippen LogP) is 1.64. The number of rotatable bonds is 2. The number of terminal acetylenes is 1. The average molecular weight is 158 g/mol. The summed E-state index contributed by atoms with van der Waals surface area (Å²) in [5.74, 6) is 2.56. The fourth-order valence-corrected chi connectivity index (χ4v) is 1.06. The van der Waals surface area contributed by atoms with Gasteiger partial charge in [-0.3, -0.25) is 4.98 Å². The summed E-state index contributed by atoms with van der Waals surface area (Å²) in [6, 6.07) is 2.60. The van der Waals surface area contributed by atoms with Crippen molar-refractivity contribution in [1.82, 2.24) is 4.98 Å². The van der Waals surface area contributed by atoms with Gasteiger partial charge in [0.2, 0.25) is 0 Å². The lowest BCUT2D eigenvalue weighted by Crippen LogP contribution is -2.01. The lowest BCUT2D eigenvalue weighted by atomic mass is 10.3. The van der Waals surface area contributed by atoms with Gasteiger partial charge in [0.05, 0.1) is 11.9 Å². The van der Waals surface area contributed by atoms with E-state index in [2.05, 4.69) is 16.2 Å². The summed E-state index contributed by atoms with van der Waals surface area (Å²) in [4.78, 5) is 4.03. The molecule has 0 aliphatic heterocycles. The zero-order valence-corrected chi connectivity index (χ0v) is 6.75. The number of nitrogens with one attached hydrogen (secondary N) is 1. The molecule has 1 aromatic rings. The molecule has 0 saturated heterocycles. The molecule has 60 valence electrons. The minimum Gasteiger partial charge on any atom is -0.381 e. The summed E-state index contributed by atoms with van der Waals surface area (Å²) < 4.78 is 0. The third-order valence-corrected chi connectivity index (χ3v) is 1.85. The molecule has 2 rings (SSSR count). The monoisotopic (exact) mass is 158 g/mol. The summed E-state index contributed by atoms with van der Waals surface area (Å²) in [5.41, 5.74) is 1.87. The van der Waals surface area contributed by atoms with Gasteiger partial charge in [0.1, 0.15) is 0 Å². The average Bonchev–Trinajstić information content (AvgIpc) is 2.89. The van der Waals surface area contributed by atoms with Crippen molar-refractivity contribution in [2.24, 2.45) is 0 Å². The highest BCUT2D eigenvalue weighted by molar-refractivity contribution is 5.48. The maximum Gasteiger partial charge on any atom is 0.0541 e. The Labute approximate surface area is 72.0 Å². The summed E-state index contributed by atoms with van der Waals surface area (Å²) in [7, 11) is 0. The summed E-state index contributed by atoms with van der Waals surface area (Å²) in [6.07, 6.45) is 11.3. The van der Waals surface area contributed by atoms with Gasteiger partial charge in [-0.25, -0.2) is 0 Å². The fraction of sp³-hybridized carbons (Fsp3) is 0.300. The van der Waals surface area contributed by atoms with Crippen LogP contribution in [0.15, 0.2) is 18.5 Å². The molecule has 0 spiro atoms. The zero-order chi connectivity index (χ0) is 8.39. The van der Waals surface area contributed by atoms with Crippen LogP contribution in [-0.4, -0.2) is 11.0 Å².